The Morgan fingerprint density at radius 2 is 1.61 bits per heavy atom. The Morgan fingerprint density at radius 1 is 0.909 bits per heavy atom. The molecule has 8 nitrogen and oxygen atoms in total. The van der Waals surface area contributed by atoms with Crippen LogP contribution in [0.25, 0.3) is 0 Å². The Kier molecular flexibility index (Phi) is 8.57. The molecule has 180 valence electrons. The van der Waals surface area contributed by atoms with E-state index < -0.39 is 15.9 Å². The summed E-state index contributed by atoms with van der Waals surface area (Å²) in [7, 11) is 0.947. The van der Waals surface area contributed by atoms with Crippen LogP contribution < -0.4 is 19.5 Å². The van der Waals surface area contributed by atoms with Gasteiger partial charge in [-0.3, -0.25) is 4.79 Å². The summed E-state index contributed by atoms with van der Waals surface area (Å²) in [6, 6.07) is 9.95. The minimum Gasteiger partial charge on any atom is -0.497 e. The molecule has 3 rings (SSSR count). The maximum Gasteiger partial charge on any atom is 0.255 e. The normalized spacial score (nSPS) is 14.9. The van der Waals surface area contributed by atoms with Crippen LogP contribution in [-0.2, 0) is 16.4 Å². The van der Waals surface area contributed by atoms with Crippen LogP contribution >= 0.6 is 0 Å². The summed E-state index contributed by atoms with van der Waals surface area (Å²) >= 11 is 0. The number of hydrogen-bond acceptors (Lipinski definition) is 6. The molecule has 1 heterocycles. The second-order valence-electron chi connectivity index (χ2n) is 7.86. The molecule has 1 aliphatic heterocycles. The molecule has 2 aromatic carbocycles. The van der Waals surface area contributed by atoms with Gasteiger partial charge in [0.25, 0.3) is 5.91 Å². The lowest BCUT2D eigenvalue weighted by Crippen LogP contribution is -2.32. The number of carbonyl (C=O) groups is 1. The number of hydrogen-bond donors (Lipinski definition) is 1. The number of sulfonamides is 1. The second kappa shape index (κ2) is 11.4. The van der Waals surface area contributed by atoms with Gasteiger partial charge in [-0.05, 0) is 49.1 Å². The quantitative estimate of drug-likeness (QED) is 0.597. The molecule has 1 fully saturated rings. The molecular weight excluding hydrogens is 444 g/mol. The Morgan fingerprint density at radius 3 is 2.24 bits per heavy atom. The van der Waals surface area contributed by atoms with E-state index in [4.69, 9.17) is 14.2 Å². The maximum absolute atomic E-state index is 13.2. The largest absolute Gasteiger partial charge is 0.497 e. The van der Waals surface area contributed by atoms with Crippen molar-refractivity contribution in [3.8, 4) is 17.2 Å². The van der Waals surface area contributed by atoms with Crippen molar-refractivity contribution in [2.24, 2.45) is 0 Å². The summed E-state index contributed by atoms with van der Waals surface area (Å²) in [5, 5.41) is 2.86. The van der Waals surface area contributed by atoms with Gasteiger partial charge >= 0.3 is 0 Å². The lowest BCUT2D eigenvalue weighted by molar-refractivity contribution is 0.0950. The van der Waals surface area contributed by atoms with Gasteiger partial charge < -0.3 is 19.5 Å². The second-order valence-corrected chi connectivity index (χ2v) is 9.80. The number of amides is 1. The first-order valence-corrected chi connectivity index (χ1v) is 12.5. The molecule has 0 aromatic heterocycles. The Hall–Kier alpha value is -2.78. The van der Waals surface area contributed by atoms with Gasteiger partial charge in [-0.2, -0.15) is 4.31 Å². The first-order chi connectivity index (χ1) is 15.9. The van der Waals surface area contributed by atoms with Crippen molar-refractivity contribution in [2.75, 3.05) is 41.0 Å². The summed E-state index contributed by atoms with van der Waals surface area (Å²) in [6.07, 6.45) is 4.28. The number of benzene rings is 2. The van der Waals surface area contributed by atoms with Gasteiger partial charge in [0.2, 0.25) is 10.0 Å². The number of nitrogens with zero attached hydrogens (tertiary/aromatic N) is 1. The molecule has 0 unspecified atom stereocenters. The summed E-state index contributed by atoms with van der Waals surface area (Å²) < 4.78 is 43.8. The van der Waals surface area contributed by atoms with Crippen molar-refractivity contribution in [3.63, 3.8) is 0 Å². The number of carbonyl (C=O) groups excluding carboxylic acids is 1. The Bertz CT molecular complexity index is 1060. The van der Waals surface area contributed by atoms with Crippen LogP contribution in [0.1, 0.15) is 41.6 Å². The molecule has 33 heavy (non-hydrogen) atoms. The van der Waals surface area contributed by atoms with Gasteiger partial charge in [0, 0.05) is 25.7 Å². The van der Waals surface area contributed by atoms with Crippen molar-refractivity contribution in [2.45, 2.75) is 37.0 Å². The maximum atomic E-state index is 13.2. The van der Waals surface area contributed by atoms with Crippen molar-refractivity contribution in [1.82, 2.24) is 9.62 Å². The molecule has 1 saturated heterocycles. The predicted octanol–water partition coefficient (Wildman–Crippen LogP) is 3.25. The highest BCUT2D eigenvalue weighted by molar-refractivity contribution is 7.89. The molecule has 0 bridgehead atoms. The van der Waals surface area contributed by atoms with E-state index in [0.29, 0.717) is 43.3 Å². The standard InChI is InChI=1S/C24H32N2O6S/c1-30-19-9-8-18(23(16-19)32-3)12-13-25-24(27)21-17-20(10-11-22(21)31-2)33(28,29)26-14-6-4-5-7-15-26/h8-11,16-17H,4-7,12-15H2,1-3H3,(H,25,27). The van der Waals surface area contributed by atoms with Gasteiger partial charge in [-0.15, -0.1) is 0 Å². The van der Waals surface area contributed by atoms with Crippen LogP contribution in [0, 0.1) is 0 Å². The lowest BCUT2D eigenvalue weighted by Gasteiger charge is -2.20. The highest BCUT2D eigenvalue weighted by Crippen LogP contribution is 2.27. The molecule has 0 spiro atoms. The molecule has 0 saturated carbocycles. The van der Waals surface area contributed by atoms with Crippen LogP contribution in [0.5, 0.6) is 17.2 Å². The van der Waals surface area contributed by atoms with Crippen molar-refractivity contribution < 1.29 is 27.4 Å². The van der Waals surface area contributed by atoms with Crippen LogP contribution in [0.2, 0.25) is 0 Å². The van der Waals surface area contributed by atoms with Crippen LogP contribution in [0.4, 0.5) is 0 Å². The third-order valence-corrected chi connectivity index (χ3v) is 7.69. The van der Waals surface area contributed by atoms with E-state index in [1.807, 2.05) is 12.1 Å². The van der Waals surface area contributed by atoms with E-state index >= 15 is 0 Å². The van der Waals surface area contributed by atoms with Gasteiger partial charge in [0.1, 0.15) is 17.2 Å². The van der Waals surface area contributed by atoms with E-state index in [9.17, 15) is 13.2 Å². The molecule has 1 aliphatic rings. The van der Waals surface area contributed by atoms with Crippen LogP contribution in [0.15, 0.2) is 41.3 Å². The van der Waals surface area contributed by atoms with E-state index in [2.05, 4.69) is 5.32 Å². The van der Waals surface area contributed by atoms with Crippen molar-refractivity contribution in [1.29, 1.82) is 0 Å². The Labute approximate surface area is 195 Å². The monoisotopic (exact) mass is 476 g/mol. The molecule has 0 radical (unpaired) electrons. The van der Waals surface area contributed by atoms with Gasteiger partial charge in [0.05, 0.1) is 31.8 Å². The molecule has 9 heteroatoms. The average Bonchev–Trinajstić information content (AvgIpc) is 3.14. The molecule has 0 aliphatic carbocycles. The minimum absolute atomic E-state index is 0.104. The zero-order chi connectivity index (χ0) is 23.8. The fourth-order valence-electron chi connectivity index (χ4n) is 3.92. The third-order valence-electron chi connectivity index (χ3n) is 5.79. The van der Waals surface area contributed by atoms with E-state index in [1.165, 1.54) is 29.6 Å². The van der Waals surface area contributed by atoms with Gasteiger partial charge in [-0.1, -0.05) is 18.9 Å². The zero-order valence-electron chi connectivity index (χ0n) is 19.4. The molecule has 0 atom stereocenters. The molecule has 1 N–H and O–H groups in total. The fraction of sp³-hybridized carbons (Fsp3) is 0.458. The summed E-state index contributed by atoms with van der Waals surface area (Å²) in [6.45, 7) is 1.34. The van der Waals surface area contributed by atoms with E-state index in [1.54, 1.807) is 20.3 Å². The van der Waals surface area contributed by atoms with Gasteiger partial charge in [0.15, 0.2) is 0 Å². The fourth-order valence-corrected chi connectivity index (χ4v) is 5.46. The van der Waals surface area contributed by atoms with Crippen molar-refractivity contribution in [3.05, 3.63) is 47.5 Å². The SMILES string of the molecule is COc1ccc(CCNC(=O)c2cc(S(=O)(=O)N3CCCCCC3)ccc2OC)c(OC)c1. The smallest absolute Gasteiger partial charge is 0.255 e. The zero-order valence-corrected chi connectivity index (χ0v) is 20.2. The van der Waals surface area contributed by atoms with E-state index in [-0.39, 0.29) is 10.5 Å². The first-order valence-electron chi connectivity index (χ1n) is 11.1. The minimum atomic E-state index is -3.68. The molecule has 2 aromatic rings. The number of ether oxygens (including phenoxy) is 3. The topological polar surface area (TPSA) is 94.2 Å². The number of rotatable bonds is 9. The van der Waals surface area contributed by atoms with Crippen LogP contribution in [-0.4, -0.2) is 59.6 Å². The van der Waals surface area contributed by atoms with Crippen LogP contribution in [0.3, 0.4) is 0 Å². The predicted molar refractivity (Wildman–Crippen MR) is 126 cm³/mol. The summed E-state index contributed by atoms with van der Waals surface area (Å²) in [4.78, 5) is 13.0. The lowest BCUT2D eigenvalue weighted by atomic mass is 10.1. The highest BCUT2D eigenvalue weighted by Gasteiger charge is 2.27. The molecular formula is C24H32N2O6S. The molecule has 1 amide bonds. The first kappa shape index (κ1) is 24.9. The number of nitrogens with one attached hydrogen (secondary N) is 1. The summed E-state index contributed by atoms with van der Waals surface area (Å²) in [5.74, 6) is 1.29. The van der Waals surface area contributed by atoms with Gasteiger partial charge in [-0.25, -0.2) is 8.42 Å². The highest BCUT2D eigenvalue weighted by atomic mass is 32.2. The summed E-state index contributed by atoms with van der Waals surface area (Å²) in [5.41, 5.74) is 1.11. The third kappa shape index (κ3) is 5.97. The Balaban J connectivity index is 1.74. The number of methoxy groups -OCH3 is 3. The average molecular weight is 477 g/mol. The van der Waals surface area contributed by atoms with E-state index in [0.717, 1.165) is 31.2 Å². The van der Waals surface area contributed by atoms with Crippen molar-refractivity contribution >= 4 is 15.9 Å².